The van der Waals surface area contributed by atoms with Crippen molar-refractivity contribution in [1.29, 1.82) is 0 Å². The van der Waals surface area contributed by atoms with E-state index in [9.17, 15) is 9.59 Å². The number of amides is 2. The van der Waals surface area contributed by atoms with Gasteiger partial charge in [-0.2, -0.15) is 0 Å². The number of nitrogens with one attached hydrogen (secondary N) is 2. The van der Waals surface area contributed by atoms with Gasteiger partial charge in [0.15, 0.2) is 0 Å². The van der Waals surface area contributed by atoms with Gasteiger partial charge in [0, 0.05) is 11.4 Å². The first kappa shape index (κ1) is 18.4. The van der Waals surface area contributed by atoms with Crippen molar-refractivity contribution in [1.82, 2.24) is 5.32 Å². The Morgan fingerprint density at radius 2 is 2.12 bits per heavy atom. The standard InChI is InChI=1S/C18H17ClN2O4S/c1-11-16(26-8-7-24-11)18(23)21-12-4-5-14(15(19)9-12)17(22)20-10-13-3-2-6-25-13/h2-6,9H,7-8,10H2,1H3,(H,20,22)(H,21,23). The van der Waals surface area contributed by atoms with Crippen LogP contribution >= 0.6 is 23.4 Å². The Labute approximate surface area is 159 Å². The van der Waals surface area contributed by atoms with Crippen LogP contribution in [0.4, 0.5) is 5.69 Å². The van der Waals surface area contributed by atoms with Gasteiger partial charge in [-0.1, -0.05) is 11.6 Å². The number of hydrogen-bond acceptors (Lipinski definition) is 5. The van der Waals surface area contributed by atoms with Crippen LogP contribution in [0.5, 0.6) is 0 Å². The van der Waals surface area contributed by atoms with E-state index in [1.165, 1.54) is 11.8 Å². The number of hydrogen-bond donors (Lipinski definition) is 2. The fourth-order valence-corrected chi connectivity index (χ4v) is 3.45. The molecule has 0 fully saturated rings. The molecule has 136 valence electrons. The number of carbonyl (C=O) groups excluding carboxylic acids is 2. The fourth-order valence-electron chi connectivity index (χ4n) is 2.37. The lowest BCUT2D eigenvalue weighted by molar-refractivity contribution is -0.112. The minimum Gasteiger partial charge on any atom is -0.496 e. The minimum atomic E-state index is -0.320. The Hall–Kier alpha value is -2.38. The van der Waals surface area contributed by atoms with Crippen molar-refractivity contribution >= 4 is 40.9 Å². The van der Waals surface area contributed by atoms with Crippen LogP contribution in [0.25, 0.3) is 0 Å². The minimum absolute atomic E-state index is 0.248. The van der Waals surface area contributed by atoms with Crippen molar-refractivity contribution in [3.05, 3.63) is 63.6 Å². The van der Waals surface area contributed by atoms with Crippen molar-refractivity contribution in [2.45, 2.75) is 13.5 Å². The maximum absolute atomic E-state index is 12.3. The topological polar surface area (TPSA) is 80.6 Å². The molecule has 2 N–H and O–H groups in total. The third-order valence-electron chi connectivity index (χ3n) is 3.65. The van der Waals surface area contributed by atoms with Gasteiger partial charge in [-0.15, -0.1) is 11.8 Å². The molecule has 2 amide bonds. The van der Waals surface area contributed by atoms with E-state index in [0.29, 0.717) is 34.3 Å². The molecule has 0 spiro atoms. The third-order valence-corrected chi connectivity index (χ3v) is 5.09. The number of allylic oxidation sites excluding steroid dienone is 1. The van der Waals surface area contributed by atoms with E-state index in [2.05, 4.69) is 10.6 Å². The second-order valence-corrected chi connectivity index (χ2v) is 7.01. The molecule has 0 unspecified atom stereocenters. The third kappa shape index (κ3) is 4.42. The molecular weight excluding hydrogens is 376 g/mol. The highest BCUT2D eigenvalue weighted by atomic mass is 35.5. The largest absolute Gasteiger partial charge is 0.496 e. The van der Waals surface area contributed by atoms with Crippen LogP contribution in [-0.4, -0.2) is 24.2 Å². The Kier molecular flexibility index (Phi) is 5.90. The Bertz CT molecular complexity index is 849. The Balaban J connectivity index is 1.65. The van der Waals surface area contributed by atoms with Gasteiger partial charge in [0.05, 0.1) is 30.0 Å². The zero-order valence-electron chi connectivity index (χ0n) is 14.0. The molecule has 8 heteroatoms. The summed E-state index contributed by atoms with van der Waals surface area (Å²) in [5, 5.41) is 5.75. The first-order valence-electron chi connectivity index (χ1n) is 7.92. The second-order valence-electron chi connectivity index (χ2n) is 5.49. The lowest BCUT2D eigenvalue weighted by Crippen LogP contribution is -2.23. The van der Waals surface area contributed by atoms with Crippen LogP contribution in [0.15, 0.2) is 51.7 Å². The number of halogens is 1. The molecule has 1 aliphatic heterocycles. The lowest BCUT2D eigenvalue weighted by Gasteiger charge is -2.18. The summed E-state index contributed by atoms with van der Waals surface area (Å²) >= 11 is 7.66. The zero-order valence-corrected chi connectivity index (χ0v) is 15.6. The van der Waals surface area contributed by atoms with Crippen LogP contribution < -0.4 is 10.6 Å². The second kappa shape index (κ2) is 8.33. The van der Waals surface area contributed by atoms with E-state index < -0.39 is 0 Å². The monoisotopic (exact) mass is 392 g/mol. The van der Waals surface area contributed by atoms with E-state index in [0.717, 1.165) is 5.75 Å². The summed E-state index contributed by atoms with van der Waals surface area (Å²) in [6.07, 6.45) is 1.54. The first-order chi connectivity index (χ1) is 12.5. The smallest absolute Gasteiger partial charge is 0.265 e. The molecular formula is C18H17ClN2O4S. The van der Waals surface area contributed by atoms with Crippen LogP contribution in [-0.2, 0) is 16.1 Å². The SMILES string of the molecule is CC1=C(C(=O)Nc2ccc(C(=O)NCc3ccco3)c(Cl)c2)SCCO1. The lowest BCUT2D eigenvalue weighted by atomic mass is 10.2. The number of thioether (sulfide) groups is 1. The number of furan rings is 1. The number of ether oxygens (including phenoxy) is 1. The molecule has 2 aromatic rings. The molecule has 6 nitrogen and oxygen atoms in total. The highest BCUT2D eigenvalue weighted by Crippen LogP contribution is 2.27. The van der Waals surface area contributed by atoms with Crippen molar-refractivity contribution in [2.24, 2.45) is 0 Å². The summed E-state index contributed by atoms with van der Waals surface area (Å²) < 4.78 is 10.6. The molecule has 0 aliphatic carbocycles. The van der Waals surface area contributed by atoms with Gasteiger partial charge in [0.25, 0.3) is 11.8 Å². The summed E-state index contributed by atoms with van der Waals surface area (Å²) in [7, 11) is 0. The van der Waals surface area contributed by atoms with Crippen LogP contribution in [0.3, 0.4) is 0 Å². The summed E-state index contributed by atoms with van der Waals surface area (Å²) in [6, 6.07) is 8.27. The summed E-state index contributed by atoms with van der Waals surface area (Å²) in [5.41, 5.74) is 0.830. The number of anilines is 1. The molecule has 0 bridgehead atoms. The Morgan fingerprint density at radius 1 is 1.27 bits per heavy atom. The first-order valence-corrected chi connectivity index (χ1v) is 9.29. The van der Waals surface area contributed by atoms with E-state index in [1.807, 2.05) is 0 Å². The van der Waals surface area contributed by atoms with Gasteiger partial charge < -0.3 is 19.8 Å². The zero-order chi connectivity index (χ0) is 18.5. The van der Waals surface area contributed by atoms with E-state index >= 15 is 0 Å². The fraction of sp³-hybridized carbons (Fsp3) is 0.222. The van der Waals surface area contributed by atoms with Gasteiger partial charge >= 0.3 is 0 Å². The van der Waals surface area contributed by atoms with Gasteiger partial charge in [0.2, 0.25) is 0 Å². The Morgan fingerprint density at radius 3 is 2.81 bits per heavy atom. The van der Waals surface area contributed by atoms with Gasteiger partial charge in [0.1, 0.15) is 16.4 Å². The predicted octanol–water partition coefficient (Wildman–Crippen LogP) is 3.80. The maximum Gasteiger partial charge on any atom is 0.265 e. The van der Waals surface area contributed by atoms with E-state index in [1.54, 1.807) is 43.5 Å². The number of rotatable bonds is 5. The van der Waals surface area contributed by atoms with E-state index in [4.69, 9.17) is 20.8 Å². The molecule has 3 rings (SSSR count). The normalized spacial score (nSPS) is 13.9. The molecule has 26 heavy (non-hydrogen) atoms. The molecule has 0 radical (unpaired) electrons. The predicted molar refractivity (Wildman–Crippen MR) is 101 cm³/mol. The molecule has 2 heterocycles. The molecule has 0 saturated heterocycles. The summed E-state index contributed by atoms with van der Waals surface area (Å²) in [4.78, 5) is 25.1. The van der Waals surface area contributed by atoms with Crippen LogP contribution in [0.1, 0.15) is 23.0 Å². The van der Waals surface area contributed by atoms with Gasteiger partial charge in [-0.3, -0.25) is 9.59 Å². The molecule has 1 aromatic carbocycles. The molecule has 1 aliphatic rings. The van der Waals surface area contributed by atoms with Gasteiger partial charge in [-0.05, 0) is 37.3 Å². The number of benzene rings is 1. The van der Waals surface area contributed by atoms with Gasteiger partial charge in [-0.25, -0.2) is 0 Å². The maximum atomic E-state index is 12.3. The van der Waals surface area contributed by atoms with Crippen molar-refractivity contribution < 1.29 is 18.7 Å². The highest BCUT2D eigenvalue weighted by Gasteiger charge is 2.19. The molecule has 0 saturated carbocycles. The summed E-state index contributed by atoms with van der Waals surface area (Å²) in [5.74, 6) is 1.42. The van der Waals surface area contributed by atoms with Crippen LogP contribution in [0, 0.1) is 0 Å². The van der Waals surface area contributed by atoms with Crippen molar-refractivity contribution in [3.8, 4) is 0 Å². The van der Waals surface area contributed by atoms with Crippen molar-refractivity contribution in [2.75, 3.05) is 17.7 Å². The molecule has 0 atom stereocenters. The average molecular weight is 393 g/mol. The highest BCUT2D eigenvalue weighted by molar-refractivity contribution is 8.04. The van der Waals surface area contributed by atoms with Crippen molar-refractivity contribution in [3.63, 3.8) is 0 Å². The van der Waals surface area contributed by atoms with Crippen LogP contribution in [0.2, 0.25) is 5.02 Å². The van der Waals surface area contributed by atoms with E-state index in [-0.39, 0.29) is 23.4 Å². The number of carbonyl (C=O) groups is 2. The summed E-state index contributed by atoms with van der Waals surface area (Å²) in [6.45, 7) is 2.63. The average Bonchev–Trinajstić information content (AvgIpc) is 3.13. The molecule has 1 aromatic heterocycles. The quantitative estimate of drug-likeness (QED) is 0.809.